The molecule has 1 saturated carbocycles. The average Bonchev–Trinajstić information content (AvgIpc) is 3.42. The van der Waals surface area contributed by atoms with E-state index < -0.39 is 0 Å². The van der Waals surface area contributed by atoms with Crippen molar-refractivity contribution in [1.82, 2.24) is 29.5 Å². The van der Waals surface area contributed by atoms with E-state index in [-0.39, 0.29) is 0 Å². The lowest BCUT2D eigenvalue weighted by molar-refractivity contribution is 0.539. The summed E-state index contributed by atoms with van der Waals surface area (Å²) >= 11 is 0. The van der Waals surface area contributed by atoms with Crippen LogP contribution in [0.5, 0.6) is 0 Å². The summed E-state index contributed by atoms with van der Waals surface area (Å²) in [6.45, 7) is 3.27. The van der Waals surface area contributed by atoms with Gasteiger partial charge in [-0.3, -0.25) is 9.55 Å². The molecule has 1 fully saturated rings. The normalized spacial score (nSPS) is 19.3. The van der Waals surface area contributed by atoms with E-state index in [0.717, 1.165) is 24.5 Å². The third-order valence-electron chi connectivity index (χ3n) is 5.33. The van der Waals surface area contributed by atoms with E-state index in [9.17, 15) is 0 Å². The van der Waals surface area contributed by atoms with Gasteiger partial charge in [0.15, 0.2) is 11.6 Å². The van der Waals surface area contributed by atoms with Crippen molar-refractivity contribution in [3.8, 4) is 17.5 Å². The SMILES string of the molecule is CCC1CN(C)c2cnc(-n3ccnc3-c3cnccn3)nc2N1C1CC1. The van der Waals surface area contributed by atoms with Gasteiger partial charge in [-0.2, -0.15) is 4.98 Å². The molecule has 1 aliphatic carbocycles. The van der Waals surface area contributed by atoms with Crippen LogP contribution in [0.15, 0.2) is 37.2 Å². The molecule has 0 saturated heterocycles. The second-order valence-corrected chi connectivity index (χ2v) is 7.17. The maximum atomic E-state index is 4.98. The van der Waals surface area contributed by atoms with E-state index in [0.29, 0.717) is 29.6 Å². The predicted octanol–water partition coefficient (Wildman–Crippen LogP) is 2.32. The van der Waals surface area contributed by atoms with Gasteiger partial charge in [-0.25, -0.2) is 15.0 Å². The fraction of sp³-hybridized carbons (Fsp3) is 0.421. The van der Waals surface area contributed by atoms with Crippen molar-refractivity contribution in [2.24, 2.45) is 0 Å². The highest BCUT2D eigenvalue weighted by Crippen LogP contribution is 2.41. The molecule has 0 aromatic carbocycles. The Bertz CT molecular complexity index is 949. The summed E-state index contributed by atoms with van der Waals surface area (Å²) in [5.41, 5.74) is 1.79. The van der Waals surface area contributed by atoms with Gasteiger partial charge in [0.05, 0.1) is 18.1 Å². The molecule has 1 atom stereocenters. The van der Waals surface area contributed by atoms with E-state index in [1.54, 1.807) is 24.8 Å². The van der Waals surface area contributed by atoms with Crippen LogP contribution < -0.4 is 9.80 Å². The van der Waals surface area contributed by atoms with Gasteiger partial charge in [0.2, 0.25) is 5.95 Å². The molecular weight excluding hydrogens is 340 g/mol. The minimum atomic E-state index is 0.486. The number of likely N-dealkylation sites (N-methyl/N-ethyl adjacent to an activating group) is 1. The third-order valence-corrected chi connectivity index (χ3v) is 5.33. The number of hydrogen-bond donors (Lipinski definition) is 0. The van der Waals surface area contributed by atoms with E-state index in [2.05, 4.69) is 43.7 Å². The van der Waals surface area contributed by atoms with Gasteiger partial charge in [-0.1, -0.05) is 6.92 Å². The Labute approximate surface area is 157 Å². The summed E-state index contributed by atoms with van der Waals surface area (Å²) in [6, 6.07) is 1.09. The fourth-order valence-corrected chi connectivity index (χ4v) is 3.83. The monoisotopic (exact) mass is 362 g/mol. The molecule has 0 radical (unpaired) electrons. The number of rotatable bonds is 4. The zero-order valence-electron chi connectivity index (χ0n) is 15.5. The Morgan fingerprint density at radius 2 is 1.96 bits per heavy atom. The van der Waals surface area contributed by atoms with Gasteiger partial charge in [0.25, 0.3) is 0 Å². The number of nitrogens with zero attached hydrogens (tertiary/aromatic N) is 8. The molecule has 1 unspecified atom stereocenters. The molecule has 4 heterocycles. The lowest BCUT2D eigenvalue weighted by Crippen LogP contribution is -2.49. The summed E-state index contributed by atoms with van der Waals surface area (Å²) in [5.74, 6) is 2.34. The lowest BCUT2D eigenvalue weighted by Gasteiger charge is -2.42. The molecule has 0 bridgehead atoms. The van der Waals surface area contributed by atoms with Crippen LogP contribution in [-0.4, -0.2) is 55.2 Å². The summed E-state index contributed by atoms with van der Waals surface area (Å²) in [4.78, 5) is 27.4. The minimum Gasteiger partial charge on any atom is -0.368 e. The number of aromatic nitrogens is 6. The second-order valence-electron chi connectivity index (χ2n) is 7.17. The van der Waals surface area contributed by atoms with Crippen LogP contribution in [0.2, 0.25) is 0 Å². The van der Waals surface area contributed by atoms with E-state index in [1.807, 2.05) is 17.0 Å². The second kappa shape index (κ2) is 6.29. The molecule has 2 aliphatic rings. The Balaban J connectivity index is 1.61. The highest BCUT2D eigenvalue weighted by molar-refractivity contribution is 5.71. The number of hydrogen-bond acceptors (Lipinski definition) is 7. The molecular formula is C19H22N8. The van der Waals surface area contributed by atoms with Crippen molar-refractivity contribution in [3.05, 3.63) is 37.2 Å². The standard InChI is InChI=1S/C19H22N8/c1-3-13-12-25(2)16-11-23-19(24-18(16)27(13)14-4-5-14)26-9-8-22-17(26)15-10-20-6-7-21-15/h6-11,13-14H,3-5,12H2,1-2H3. The summed E-state index contributed by atoms with van der Waals surface area (Å²) in [6.07, 6.45) is 14.2. The topological polar surface area (TPSA) is 75.9 Å². The van der Waals surface area contributed by atoms with Crippen molar-refractivity contribution in [2.45, 2.75) is 38.3 Å². The van der Waals surface area contributed by atoms with Crippen molar-refractivity contribution in [1.29, 1.82) is 0 Å². The Hall–Kier alpha value is -3.03. The van der Waals surface area contributed by atoms with Gasteiger partial charge in [0.1, 0.15) is 5.69 Å². The highest BCUT2D eigenvalue weighted by Gasteiger charge is 2.39. The van der Waals surface area contributed by atoms with E-state index in [4.69, 9.17) is 4.98 Å². The van der Waals surface area contributed by atoms with Gasteiger partial charge >= 0.3 is 0 Å². The molecule has 8 nitrogen and oxygen atoms in total. The van der Waals surface area contributed by atoms with Crippen LogP contribution in [0, 0.1) is 0 Å². The molecule has 3 aromatic heterocycles. The van der Waals surface area contributed by atoms with Crippen LogP contribution in [-0.2, 0) is 0 Å². The van der Waals surface area contributed by atoms with E-state index >= 15 is 0 Å². The van der Waals surface area contributed by atoms with Gasteiger partial charge < -0.3 is 9.80 Å². The van der Waals surface area contributed by atoms with Crippen molar-refractivity contribution >= 4 is 11.5 Å². The zero-order valence-corrected chi connectivity index (χ0v) is 15.5. The van der Waals surface area contributed by atoms with Crippen LogP contribution in [0.1, 0.15) is 26.2 Å². The lowest BCUT2D eigenvalue weighted by atomic mass is 10.1. The molecule has 1 aliphatic heterocycles. The van der Waals surface area contributed by atoms with Crippen molar-refractivity contribution in [3.63, 3.8) is 0 Å². The van der Waals surface area contributed by atoms with E-state index in [1.165, 1.54) is 12.8 Å². The number of fused-ring (bicyclic) bond motifs is 1. The Morgan fingerprint density at radius 3 is 2.70 bits per heavy atom. The van der Waals surface area contributed by atoms with Gasteiger partial charge in [-0.15, -0.1) is 0 Å². The van der Waals surface area contributed by atoms with Crippen LogP contribution >= 0.6 is 0 Å². The number of anilines is 2. The quantitative estimate of drug-likeness (QED) is 0.705. The summed E-state index contributed by atoms with van der Waals surface area (Å²) in [7, 11) is 2.12. The van der Waals surface area contributed by atoms with Crippen molar-refractivity contribution in [2.75, 3.05) is 23.4 Å². The third kappa shape index (κ3) is 2.72. The van der Waals surface area contributed by atoms with Crippen LogP contribution in [0.3, 0.4) is 0 Å². The zero-order chi connectivity index (χ0) is 18.4. The molecule has 3 aromatic rings. The maximum absolute atomic E-state index is 4.98. The molecule has 138 valence electrons. The summed E-state index contributed by atoms with van der Waals surface area (Å²) in [5, 5.41) is 0. The summed E-state index contributed by atoms with van der Waals surface area (Å²) < 4.78 is 1.88. The van der Waals surface area contributed by atoms with Crippen LogP contribution in [0.25, 0.3) is 17.5 Å². The predicted molar refractivity (Wildman–Crippen MR) is 103 cm³/mol. The largest absolute Gasteiger partial charge is 0.368 e. The maximum Gasteiger partial charge on any atom is 0.237 e. The molecule has 8 heteroatoms. The first-order valence-electron chi connectivity index (χ1n) is 9.43. The van der Waals surface area contributed by atoms with Crippen LogP contribution in [0.4, 0.5) is 11.5 Å². The number of imidazole rings is 1. The minimum absolute atomic E-state index is 0.486. The molecule has 0 amide bonds. The molecule has 0 spiro atoms. The molecule has 5 rings (SSSR count). The smallest absolute Gasteiger partial charge is 0.237 e. The first-order valence-corrected chi connectivity index (χ1v) is 9.43. The van der Waals surface area contributed by atoms with Gasteiger partial charge in [0, 0.05) is 50.5 Å². The Morgan fingerprint density at radius 1 is 1.07 bits per heavy atom. The fourth-order valence-electron chi connectivity index (χ4n) is 3.83. The first kappa shape index (κ1) is 16.2. The first-order chi connectivity index (χ1) is 13.3. The molecule has 0 N–H and O–H groups in total. The highest BCUT2D eigenvalue weighted by atomic mass is 15.4. The Kier molecular flexibility index (Phi) is 3.77. The van der Waals surface area contributed by atoms with Crippen molar-refractivity contribution < 1.29 is 0 Å². The molecule has 27 heavy (non-hydrogen) atoms. The van der Waals surface area contributed by atoms with Gasteiger partial charge in [-0.05, 0) is 19.3 Å². The average molecular weight is 362 g/mol.